The van der Waals surface area contributed by atoms with Crippen molar-refractivity contribution < 1.29 is 30.8 Å². The lowest BCUT2D eigenvalue weighted by molar-refractivity contribution is -0.115. The van der Waals surface area contributed by atoms with Gasteiger partial charge in [-0.05, 0) is 60.3 Å². The molecule has 0 spiro atoms. The van der Waals surface area contributed by atoms with E-state index in [0.717, 1.165) is 36.4 Å². The zero-order valence-corrected chi connectivity index (χ0v) is 14.5. The molecular formula is C15H12F4N2O3S2. The summed E-state index contributed by atoms with van der Waals surface area (Å²) < 4.78 is 75.7. The normalized spacial score (nSPS) is 12.0. The van der Waals surface area contributed by atoms with E-state index < -0.39 is 33.8 Å². The Labute approximate surface area is 150 Å². The van der Waals surface area contributed by atoms with Gasteiger partial charge in [0.05, 0.1) is 11.4 Å². The fraction of sp³-hybridized carbons (Fsp3) is 0.133. The molecule has 0 unspecified atom stereocenters. The van der Waals surface area contributed by atoms with E-state index in [2.05, 4.69) is 5.32 Å². The van der Waals surface area contributed by atoms with Crippen molar-refractivity contribution in [3.63, 3.8) is 0 Å². The minimum absolute atomic E-state index is 0.162. The first-order chi connectivity index (χ1) is 12.0. The van der Waals surface area contributed by atoms with Gasteiger partial charge in [-0.2, -0.15) is 13.2 Å². The van der Waals surface area contributed by atoms with Crippen LogP contribution in [0.25, 0.3) is 0 Å². The van der Waals surface area contributed by atoms with Crippen molar-refractivity contribution in [2.45, 2.75) is 15.3 Å². The molecule has 0 saturated heterocycles. The molecule has 0 aliphatic carbocycles. The van der Waals surface area contributed by atoms with Crippen LogP contribution in [0, 0.1) is 5.82 Å². The molecule has 2 aromatic carbocycles. The fourth-order valence-corrected chi connectivity index (χ4v) is 3.32. The highest BCUT2D eigenvalue weighted by atomic mass is 32.2. The Morgan fingerprint density at radius 3 is 2.12 bits per heavy atom. The monoisotopic (exact) mass is 408 g/mol. The molecule has 2 rings (SSSR count). The first kappa shape index (κ1) is 20.2. The van der Waals surface area contributed by atoms with Gasteiger partial charge in [-0.1, -0.05) is 0 Å². The van der Waals surface area contributed by atoms with Gasteiger partial charge in [0, 0.05) is 10.6 Å². The maximum atomic E-state index is 12.8. The van der Waals surface area contributed by atoms with Crippen LogP contribution in [0.15, 0.2) is 58.3 Å². The Balaban J connectivity index is 1.95. The number of rotatable bonds is 6. The summed E-state index contributed by atoms with van der Waals surface area (Å²) in [6, 6.07) is 8.91. The number of nitrogens with one attached hydrogen (secondary N) is 2. The van der Waals surface area contributed by atoms with E-state index in [9.17, 15) is 30.8 Å². The zero-order valence-electron chi connectivity index (χ0n) is 12.9. The lowest BCUT2D eigenvalue weighted by Crippen LogP contribution is -2.32. The molecule has 140 valence electrons. The lowest BCUT2D eigenvalue weighted by Gasteiger charge is -2.09. The number of halogens is 4. The minimum Gasteiger partial charge on any atom is -0.325 e. The van der Waals surface area contributed by atoms with Gasteiger partial charge < -0.3 is 5.32 Å². The van der Waals surface area contributed by atoms with Crippen molar-refractivity contribution in [1.82, 2.24) is 4.72 Å². The Morgan fingerprint density at radius 2 is 1.58 bits per heavy atom. The summed E-state index contributed by atoms with van der Waals surface area (Å²) in [5.74, 6) is -1.18. The van der Waals surface area contributed by atoms with Gasteiger partial charge in [0.15, 0.2) is 0 Å². The van der Waals surface area contributed by atoms with E-state index in [0.29, 0.717) is 0 Å². The van der Waals surface area contributed by atoms with E-state index in [1.807, 2.05) is 4.72 Å². The number of sulfonamides is 1. The lowest BCUT2D eigenvalue weighted by atomic mass is 10.3. The molecule has 0 aliphatic rings. The predicted octanol–water partition coefficient (Wildman–Crippen LogP) is 3.35. The second-order valence-electron chi connectivity index (χ2n) is 4.90. The van der Waals surface area contributed by atoms with Crippen LogP contribution < -0.4 is 10.0 Å². The molecule has 2 aromatic rings. The van der Waals surface area contributed by atoms with E-state index in [1.165, 1.54) is 12.1 Å². The van der Waals surface area contributed by atoms with Crippen molar-refractivity contribution in [2.75, 3.05) is 11.9 Å². The second-order valence-corrected chi connectivity index (χ2v) is 7.80. The smallest absolute Gasteiger partial charge is 0.325 e. The number of alkyl halides is 3. The molecule has 0 heterocycles. The Kier molecular flexibility index (Phi) is 6.26. The van der Waals surface area contributed by atoms with Crippen LogP contribution in [0.5, 0.6) is 0 Å². The number of amides is 1. The molecule has 26 heavy (non-hydrogen) atoms. The van der Waals surface area contributed by atoms with Gasteiger partial charge in [-0.25, -0.2) is 17.5 Å². The Bertz CT molecular complexity index is 867. The summed E-state index contributed by atoms with van der Waals surface area (Å²) in [5.41, 5.74) is -4.19. The van der Waals surface area contributed by atoms with Crippen molar-refractivity contribution >= 4 is 33.4 Å². The summed E-state index contributed by atoms with van der Waals surface area (Å²) in [6.07, 6.45) is 0. The highest BCUT2D eigenvalue weighted by Crippen LogP contribution is 2.36. The van der Waals surface area contributed by atoms with Crippen LogP contribution in [0.2, 0.25) is 0 Å². The van der Waals surface area contributed by atoms with E-state index >= 15 is 0 Å². The Morgan fingerprint density at radius 1 is 1.00 bits per heavy atom. The summed E-state index contributed by atoms with van der Waals surface area (Å²) in [6.45, 7) is -0.598. The molecule has 0 radical (unpaired) electrons. The molecule has 1 amide bonds. The number of hydrogen-bond acceptors (Lipinski definition) is 4. The Hall–Kier alpha value is -2.11. The summed E-state index contributed by atoms with van der Waals surface area (Å²) in [5, 5.41) is 2.37. The molecule has 0 atom stereocenters. The maximum Gasteiger partial charge on any atom is 0.446 e. The second kappa shape index (κ2) is 8.06. The zero-order chi connectivity index (χ0) is 19.4. The average molecular weight is 408 g/mol. The molecule has 0 aromatic heterocycles. The predicted molar refractivity (Wildman–Crippen MR) is 88.6 cm³/mol. The third-order valence-electron chi connectivity index (χ3n) is 2.92. The van der Waals surface area contributed by atoms with Crippen LogP contribution in [0.1, 0.15) is 0 Å². The van der Waals surface area contributed by atoms with E-state index in [4.69, 9.17) is 0 Å². The van der Waals surface area contributed by atoms with Gasteiger partial charge >= 0.3 is 5.51 Å². The molecule has 0 aliphatic heterocycles. The van der Waals surface area contributed by atoms with Crippen LogP contribution in [-0.2, 0) is 14.8 Å². The molecule has 0 bridgehead atoms. The number of anilines is 1. The van der Waals surface area contributed by atoms with E-state index in [-0.39, 0.29) is 27.2 Å². The molecule has 0 saturated carbocycles. The van der Waals surface area contributed by atoms with Crippen LogP contribution in [0.4, 0.5) is 23.2 Å². The number of carbonyl (C=O) groups excluding carboxylic acids is 1. The topological polar surface area (TPSA) is 75.3 Å². The molecule has 11 heteroatoms. The van der Waals surface area contributed by atoms with Crippen LogP contribution in [0.3, 0.4) is 0 Å². The molecule has 5 nitrogen and oxygen atoms in total. The van der Waals surface area contributed by atoms with Gasteiger partial charge in [0.25, 0.3) is 0 Å². The standard InChI is InChI=1S/C15H12F4N2O3S2/c16-10-1-3-11(4-2-10)21-14(22)9-20-26(23,24)13-7-5-12(6-8-13)25-15(17,18)19/h1-8,20H,9H2,(H,21,22). The number of thioether (sulfide) groups is 1. The highest BCUT2D eigenvalue weighted by molar-refractivity contribution is 8.00. The minimum atomic E-state index is -4.48. The van der Waals surface area contributed by atoms with Crippen molar-refractivity contribution in [2.24, 2.45) is 0 Å². The third-order valence-corrected chi connectivity index (χ3v) is 5.07. The number of hydrogen-bond donors (Lipinski definition) is 2. The fourth-order valence-electron chi connectivity index (χ4n) is 1.80. The van der Waals surface area contributed by atoms with Gasteiger partial charge in [0.1, 0.15) is 5.82 Å². The van der Waals surface area contributed by atoms with Crippen molar-refractivity contribution in [3.05, 3.63) is 54.3 Å². The van der Waals surface area contributed by atoms with Crippen LogP contribution >= 0.6 is 11.8 Å². The summed E-state index contributed by atoms with van der Waals surface area (Å²) >= 11 is -0.365. The van der Waals surface area contributed by atoms with Crippen molar-refractivity contribution in [1.29, 1.82) is 0 Å². The van der Waals surface area contributed by atoms with Gasteiger partial charge in [-0.3, -0.25) is 4.79 Å². The van der Waals surface area contributed by atoms with Gasteiger partial charge in [0.2, 0.25) is 15.9 Å². The van der Waals surface area contributed by atoms with Crippen LogP contribution in [-0.4, -0.2) is 26.4 Å². The third kappa shape index (κ3) is 6.32. The van der Waals surface area contributed by atoms with E-state index in [1.54, 1.807) is 0 Å². The number of benzene rings is 2. The quantitative estimate of drug-likeness (QED) is 0.568. The first-order valence-electron chi connectivity index (χ1n) is 6.96. The average Bonchev–Trinajstić information content (AvgIpc) is 2.54. The van der Waals surface area contributed by atoms with Gasteiger partial charge in [-0.15, -0.1) is 0 Å². The molecule has 2 N–H and O–H groups in total. The highest BCUT2D eigenvalue weighted by Gasteiger charge is 2.29. The molecule has 0 fully saturated rings. The summed E-state index contributed by atoms with van der Waals surface area (Å²) in [4.78, 5) is 11.3. The molecular weight excluding hydrogens is 396 g/mol. The SMILES string of the molecule is O=C(CNS(=O)(=O)c1ccc(SC(F)(F)F)cc1)Nc1ccc(F)cc1. The first-order valence-corrected chi connectivity index (χ1v) is 9.26. The van der Waals surface area contributed by atoms with Crippen molar-refractivity contribution in [3.8, 4) is 0 Å². The largest absolute Gasteiger partial charge is 0.446 e. The number of carbonyl (C=O) groups is 1. The summed E-state index contributed by atoms with van der Waals surface area (Å²) in [7, 11) is -4.08. The maximum absolute atomic E-state index is 12.8.